The predicted octanol–water partition coefficient (Wildman–Crippen LogP) is 1.16. The molecular formula is C10H13ClN2O4S2. The lowest BCUT2D eigenvalue weighted by molar-refractivity contribution is 0.599. The molecule has 0 bridgehead atoms. The molecule has 9 heteroatoms. The molecule has 0 radical (unpaired) electrons. The van der Waals surface area contributed by atoms with E-state index in [1.807, 2.05) is 0 Å². The summed E-state index contributed by atoms with van der Waals surface area (Å²) < 4.78 is 49.8. The van der Waals surface area contributed by atoms with Crippen molar-refractivity contribution in [1.82, 2.24) is 0 Å². The quantitative estimate of drug-likeness (QED) is 0.842. The molecule has 1 aliphatic rings. The van der Waals surface area contributed by atoms with Crippen LogP contribution >= 0.6 is 11.6 Å². The highest BCUT2D eigenvalue weighted by atomic mass is 35.5. The molecule has 0 aliphatic carbocycles. The van der Waals surface area contributed by atoms with Gasteiger partial charge in [-0.2, -0.15) is 0 Å². The van der Waals surface area contributed by atoms with Crippen molar-refractivity contribution in [2.24, 2.45) is 0 Å². The number of benzene rings is 1. The van der Waals surface area contributed by atoms with E-state index >= 15 is 0 Å². The van der Waals surface area contributed by atoms with Crippen LogP contribution in [0.5, 0.6) is 0 Å². The summed E-state index contributed by atoms with van der Waals surface area (Å²) in [6.45, 7) is 0.411. The summed E-state index contributed by atoms with van der Waals surface area (Å²) in [6, 6.07) is 6.24. The molecule has 1 aromatic carbocycles. The summed E-state index contributed by atoms with van der Waals surface area (Å²) in [5, 5.41) is -0.556. The minimum Gasteiger partial charge on any atom is -0.282 e. The van der Waals surface area contributed by atoms with Crippen LogP contribution in [0, 0.1) is 0 Å². The third kappa shape index (κ3) is 3.31. The van der Waals surface area contributed by atoms with E-state index in [9.17, 15) is 16.8 Å². The second-order valence-electron chi connectivity index (χ2n) is 4.12. The van der Waals surface area contributed by atoms with E-state index in [0.29, 0.717) is 24.3 Å². The van der Waals surface area contributed by atoms with Gasteiger partial charge in [-0.1, -0.05) is 6.07 Å². The third-order valence-electron chi connectivity index (χ3n) is 2.65. The van der Waals surface area contributed by atoms with Crippen molar-refractivity contribution in [2.75, 3.05) is 26.5 Å². The fourth-order valence-corrected chi connectivity index (χ4v) is 4.12. The first kappa shape index (κ1) is 14.4. The summed E-state index contributed by atoms with van der Waals surface area (Å²) in [6.07, 6.45) is 0.569. The highest BCUT2D eigenvalue weighted by Gasteiger charge is 2.28. The molecule has 0 saturated carbocycles. The van der Waals surface area contributed by atoms with Gasteiger partial charge in [0.2, 0.25) is 20.0 Å². The molecule has 106 valence electrons. The first-order valence-corrected chi connectivity index (χ1v) is 9.31. The minimum atomic E-state index is -3.59. The highest BCUT2D eigenvalue weighted by Crippen LogP contribution is 2.26. The lowest BCUT2D eigenvalue weighted by Gasteiger charge is -2.17. The molecule has 19 heavy (non-hydrogen) atoms. The van der Waals surface area contributed by atoms with Crippen molar-refractivity contribution in [3.63, 3.8) is 0 Å². The van der Waals surface area contributed by atoms with Gasteiger partial charge in [-0.3, -0.25) is 9.03 Å². The molecule has 0 unspecified atom stereocenters. The Hall–Kier alpha value is -0.990. The largest absolute Gasteiger partial charge is 0.282 e. The number of sulfonamides is 2. The number of hydrogen-bond acceptors (Lipinski definition) is 4. The molecular weight excluding hydrogens is 312 g/mol. The van der Waals surface area contributed by atoms with E-state index in [1.165, 1.54) is 16.4 Å². The van der Waals surface area contributed by atoms with Gasteiger partial charge in [0.1, 0.15) is 5.21 Å². The summed E-state index contributed by atoms with van der Waals surface area (Å²) in [7, 11) is -6.87. The maximum atomic E-state index is 11.8. The first-order chi connectivity index (χ1) is 8.84. The third-order valence-corrected chi connectivity index (χ3v) is 6.22. The Labute approximate surface area is 117 Å². The van der Waals surface area contributed by atoms with Crippen LogP contribution < -0.4 is 9.03 Å². The van der Waals surface area contributed by atoms with Gasteiger partial charge in [-0.25, -0.2) is 16.8 Å². The molecule has 1 aromatic rings. The van der Waals surface area contributed by atoms with Crippen LogP contribution in [0.1, 0.15) is 6.42 Å². The van der Waals surface area contributed by atoms with Crippen molar-refractivity contribution in [1.29, 1.82) is 0 Å². The Kier molecular flexibility index (Phi) is 3.93. The second kappa shape index (κ2) is 5.18. The highest BCUT2D eigenvalue weighted by molar-refractivity contribution is 7.93. The minimum absolute atomic E-state index is 0.116. The van der Waals surface area contributed by atoms with Crippen molar-refractivity contribution in [3.8, 4) is 0 Å². The van der Waals surface area contributed by atoms with Gasteiger partial charge in [-0.05, 0) is 24.6 Å². The van der Waals surface area contributed by atoms with Crippen molar-refractivity contribution < 1.29 is 16.8 Å². The molecule has 0 aromatic heterocycles. The number of alkyl halides is 1. The number of nitrogens with zero attached hydrogens (tertiary/aromatic N) is 1. The van der Waals surface area contributed by atoms with Crippen LogP contribution in [-0.2, 0) is 20.0 Å². The van der Waals surface area contributed by atoms with E-state index in [1.54, 1.807) is 12.1 Å². The van der Waals surface area contributed by atoms with Crippen molar-refractivity contribution >= 4 is 43.0 Å². The summed E-state index contributed by atoms with van der Waals surface area (Å²) in [4.78, 5) is 0. The van der Waals surface area contributed by atoms with Gasteiger partial charge in [-0.15, -0.1) is 11.6 Å². The molecule has 2 rings (SSSR count). The van der Waals surface area contributed by atoms with E-state index in [4.69, 9.17) is 11.6 Å². The van der Waals surface area contributed by atoms with Gasteiger partial charge in [0.05, 0.1) is 17.1 Å². The van der Waals surface area contributed by atoms with Crippen LogP contribution in [-0.4, -0.2) is 34.3 Å². The fraction of sp³-hybridized carbons (Fsp3) is 0.400. The molecule has 1 heterocycles. The molecule has 0 amide bonds. The van der Waals surface area contributed by atoms with Gasteiger partial charge >= 0.3 is 0 Å². The van der Waals surface area contributed by atoms with E-state index in [0.717, 1.165) is 0 Å². The normalized spacial score (nSPS) is 18.5. The number of halogens is 1. The monoisotopic (exact) mass is 324 g/mol. The zero-order valence-corrected chi connectivity index (χ0v) is 12.3. The fourth-order valence-electron chi connectivity index (χ4n) is 1.86. The van der Waals surface area contributed by atoms with Crippen LogP contribution in [0.15, 0.2) is 24.3 Å². The van der Waals surface area contributed by atoms with Gasteiger partial charge in [0.25, 0.3) is 0 Å². The number of rotatable bonds is 4. The molecule has 0 spiro atoms. The Morgan fingerprint density at radius 2 is 2.11 bits per heavy atom. The lowest BCUT2D eigenvalue weighted by Crippen LogP contribution is -2.25. The first-order valence-electron chi connectivity index (χ1n) is 5.51. The summed E-state index contributed by atoms with van der Waals surface area (Å²) in [5.41, 5.74) is 0.743. The van der Waals surface area contributed by atoms with Gasteiger partial charge in [0.15, 0.2) is 0 Å². The van der Waals surface area contributed by atoms with Gasteiger partial charge < -0.3 is 0 Å². The molecule has 1 fully saturated rings. The summed E-state index contributed by atoms with van der Waals surface area (Å²) >= 11 is 5.30. The Morgan fingerprint density at radius 3 is 2.68 bits per heavy atom. The molecule has 1 aliphatic heterocycles. The van der Waals surface area contributed by atoms with Crippen molar-refractivity contribution in [2.45, 2.75) is 6.42 Å². The van der Waals surface area contributed by atoms with Crippen molar-refractivity contribution in [3.05, 3.63) is 24.3 Å². The molecule has 1 saturated heterocycles. The number of hydrogen-bond donors (Lipinski definition) is 1. The Morgan fingerprint density at radius 1 is 1.37 bits per heavy atom. The van der Waals surface area contributed by atoms with Crippen LogP contribution in [0.2, 0.25) is 0 Å². The van der Waals surface area contributed by atoms with Gasteiger partial charge in [0, 0.05) is 6.54 Å². The molecule has 0 atom stereocenters. The van der Waals surface area contributed by atoms with Crippen LogP contribution in [0.25, 0.3) is 0 Å². The van der Waals surface area contributed by atoms with Crippen LogP contribution in [0.4, 0.5) is 11.4 Å². The van der Waals surface area contributed by atoms with E-state index < -0.39 is 25.3 Å². The van der Waals surface area contributed by atoms with E-state index in [2.05, 4.69) is 4.72 Å². The lowest BCUT2D eigenvalue weighted by atomic mass is 10.3. The zero-order chi connectivity index (χ0) is 14.1. The number of nitrogens with one attached hydrogen (secondary N) is 1. The van der Waals surface area contributed by atoms with Crippen LogP contribution in [0.3, 0.4) is 0 Å². The number of anilines is 2. The topological polar surface area (TPSA) is 83.6 Å². The zero-order valence-electron chi connectivity index (χ0n) is 9.91. The Balaban J connectivity index is 2.30. The molecule has 1 N–H and O–H groups in total. The maximum Gasteiger partial charge on any atom is 0.246 e. The summed E-state index contributed by atoms with van der Waals surface area (Å²) in [5.74, 6) is 0.116. The predicted molar refractivity (Wildman–Crippen MR) is 75.5 cm³/mol. The SMILES string of the molecule is O=S(=O)(CCl)Nc1cccc(N2CCCS2(=O)=O)c1. The standard InChI is InChI=1S/C10H13ClN2O4S2/c11-8-18(14,15)12-9-3-1-4-10(7-9)13-5-2-6-19(13,16)17/h1,3-4,7,12H,2,5-6,8H2. The average Bonchev–Trinajstić information content (AvgIpc) is 2.69. The smallest absolute Gasteiger partial charge is 0.246 e. The Bertz CT molecular complexity index is 673. The maximum absolute atomic E-state index is 11.8. The second-order valence-corrected chi connectivity index (χ2v) is 8.44. The molecule has 6 nitrogen and oxygen atoms in total. The van der Waals surface area contributed by atoms with E-state index in [-0.39, 0.29) is 5.75 Å². The average molecular weight is 325 g/mol.